The highest BCUT2D eigenvalue weighted by molar-refractivity contribution is 5.68. The smallest absolute Gasteiger partial charge is 0.504 e. The fourth-order valence-corrected chi connectivity index (χ4v) is 2.69. The fraction of sp³-hybridized carbons (Fsp3) is 0.217. The standard InChI is InChI=1S/C23H21F3O4/c1-2-3-14-28-18-9-11-19(12-10-18)29-22-15-17(6-13-21(22)27)16-4-7-20(8-5-16)30-23(24,25)26/h4-13,15,27H,2-3,14H2,1H3. The molecular weight excluding hydrogens is 397 g/mol. The van der Waals surface area contributed by atoms with Gasteiger partial charge in [-0.25, -0.2) is 0 Å². The number of halogens is 3. The van der Waals surface area contributed by atoms with Gasteiger partial charge in [0.2, 0.25) is 0 Å². The van der Waals surface area contributed by atoms with E-state index < -0.39 is 6.36 Å². The summed E-state index contributed by atoms with van der Waals surface area (Å²) in [4.78, 5) is 0. The van der Waals surface area contributed by atoms with Gasteiger partial charge < -0.3 is 19.3 Å². The van der Waals surface area contributed by atoms with Crippen LogP contribution in [0.15, 0.2) is 66.7 Å². The number of unbranched alkanes of at least 4 members (excludes halogenated alkanes) is 1. The number of phenolic OH excluding ortho intramolecular Hbond substituents is 1. The molecule has 0 aromatic heterocycles. The predicted octanol–water partition coefficient (Wildman–Crippen LogP) is 6.93. The number of benzene rings is 3. The molecule has 0 saturated heterocycles. The first kappa shape index (κ1) is 21.4. The van der Waals surface area contributed by atoms with Crippen molar-refractivity contribution >= 4 is 0 Å². The SMILES string of the molecule is CCCCOc1ccc(Oc2cc(-c3ccc(OC(F)(F)F)cc3)ccc2O)cc1. The van der Waals surface area contributed by atoms with E-state index in [1.165, 1.54) is 30.3 Å². The number of aromatic hydroxyl groups is 1. The molecule has 0 aliphatic heterocycles. The van der Waals surface area contributed by atoms with Crippen molar-refractivity contribution in [1.82, 2.24) is 0 Å². The maximum absolute atomic E-state index is 12.3. The Morgan fingerprint density at radius 2 is 1.40 bits per heavy atom. The lowest BCUT2D eigenvalue weighted by Gasteiger charge is -2.12. The van der Waals surface area contributed by atoms with E-state index in [4.69, 9.17) is 9.47 Å². The van der Waals surface area contributed by atoms with Gasteiger partial charge in [0.25, 0.3) is 0 Å². The van der Waals surface area contributed by atoms with Crippen LogP contribution in [0.2, 0.25) is 0 Å². The minimum absolute atomic E-state index is 0.0564. The van der Waals surface area contributed by atoms with Crippen molar-refractivity contribution in [2.24, 2.45) is 0 Å². The maximum atomic E-state index is 12.3. The number of hydrogen-bond acceptors (Lipinski definition) is 4. The molecule has 3 rings (SSSR count). The minimum atomic E-state index is -4.74. The number of ether oxygens (including phenoxy) is 3. The number of hydrogen-bond donors (Lipinski definition) is 1. The Labute approximate surface area is 172 Å². The zero-order chi connectivity index (χ0) is 21.6. The average molecular weight is 418 g/mol. The molecule has 30 heavy (non-hydrogen) atoms. The second-order valence-electron chi connectivity index (χ2n) is 6.53. The normalized spacial score (nSPS) is 11.2. The Bertz CT molecular complexity index is 952. The first-order valence-electron chi connectivity index (χ1n) is 9.44. The molecule has 0 fully saturated rings. The Morgan fingerprint density at radius 1 is 0.800 bits per heavy atom. The molecule has 0 amide bonds. The van der Waals surface area contributed by atoms with Gasteiger partial charge in [-0.1, -0.05) is 31.5 Å². The van der Waals surface area contributed by atoms with E-state index in [0.717, 1.165) is 18.6 Å². The molecule has 7 heteroatoms. The van der Waals surface area contributed by atoms with Crippen molar-refractivity contribution in [2.45, 2.75) is 26.1 Å². The van der Waals surface area contributed by atoms with E-state index in [9.17, 15) is 18.3 Å². The second-order valence-corrected chi connectivity index (χ2v) is 6.53. The summed E-state index contributed by atoms with van der Waals surface area (Å²) in [6.07, 6.45) is -2.71. The summed E-state index contributed by atoms with van der Waals surface area (Å²) >= 11 is 0. The fourth-order valence-electron chi connectivity index (χ4n) is 2.69. The van der Waals surface area contributed by atoms with E-state index >= 15 is 0 Å². The van der Waals surface area contributed by atoms with E-state index in [0.29, 0.717) is 23.5 Å². The quantitative estimate of drug-likeness (QED) is 0.403. The van der Waals surface area contributed by atoms with E-state index in [1.54, 1.807) is 36.4 Å². The highest BCUT2D eigenvalue weighted by Crippen LogP contribution is 2.36. The van der Waals surface area contributed by atoms with Crippen molar-refractivity contribution in [1.29, 1.82) is 0 Å². The van der Waals surface area contributed by atoms with Gasteiger partial charge >= 0.3 is 6.36 Å². The summed E-state index contributed by atoms with van der Waals surface area (Å²) in [7, 11) is 0. The van der Waals surface area contributed by atoms with Crippen LogP contribution in [0.25, 0.3) is 11.1 Å². The molecular formula is C23H21F3O4. The van der Waals surface area contributed by atoms with Gasteiger partial charge in [0, 0.05) is 0 Å². The molecule has 0 saturated carbocycles. The summed E-state index contributed by atoms with van der Waals surface area (Å²) in [6.45, 7) is 2.73. The Kier molecular flexibility index (Phi) is 6.72. The van der Waals surface area contributed by atoms with E-state index in [2.05, 4.69) is 11.7 Å². The summed E-state index contributed by atoms with van der Waals surface area (Å²) < 4.78 is 52.1. The van der Waals surface area contributed by atoms with Crippen molar-refractivity contribution in [2.75, 3.05) is 6.61 Å². The van der Waals surface area contributed by atoms with Gasteiger partial charge in [0.05, 0.1) is 6.61 Å². The first-order valence-corrected chi connectivity index (χ1v) is 9.44. The van der Waals surface area contributed by atoms with Gasteiger partial charge in [0.1, 0.15) is 17.2 Å². The lowest BCUT2D eigenvalue weighted by molar-refractivity contribution is -0.274. The second kappa shape index (κ2) is 9.43. The maximum Gasteiger partial charge on any atom is 0.573 e. The zero-order valence-electron chi connectivity index (χ0n) is 16.3. The molecule has 158 valence electrons. The summed E-state index contributed by atoms with van der Waals surface area (Å²) in [5.74, 6) is 1.11. The van der Waals surface area contributed by atoms with Crippen molar-refractivity contribution < 1.29 is 32.5 Å². The number of phenols is 1. The molecule has 0 aliphatic carbocycles. The third-order valence-electron chi connectivity index (χ3n) is 4.20. The van der Waals surface area contributed by atoms with Crippen molar-refractivity contribution in [3.05, 3.63) is 66.7 Å². The van der Waals surface area contributed by atoms with Gasteiger partial charge in [0.15, 0.2) is 11.5 Å². The molecule has 0 bridgehead atoms. The van der Waals surface area contributed by atoms with Crippen LogP contribution in [0.5, 0.6) is 28.7 Å². The third kappa shape index (κ3) is 6.07. The Hall–Kier alpha value is -3.35. The highest BCUT2D eigenvalue weighted by atomic mass is 19.4. The van der Waals surface area contributed by atoms with Crippen molar-refractivity contribution in [3.63, 3.8) is 0 Å². The molecule has 0 heterocycles. The monoisotopic (exact) mass is 418 g/mol. The lowest BCUT2D eigenvalue weighted by atomic mass is 10.1. The molecule has 3 aromatic carbocycles. The van der Waals surface area contributed by atoms with Crippen molar-refractivity contribution in [3.8, 4) is 39.9 Å². The number of alkyl halides is 3. The summed E-state index contributed by atoms with van der Waals surface area (Å²) in [5, 5.41) is 10.1. The van der Waals surface area contributed by atoms with Gasteiger partial charge in [-0.05, 0) is 66.1 Å². The van der Waals surface area contributed by atoms with Crippen LogP contribution in [0, 0.1) is 0 Å². The highest BCUT2D eigenvalue weighted by Gasteiger charge is 2.30. The van der Waals surface area contributed by atoms with Crippen LogP contribution in [-0.4, -0.2) is 18.1 Å². The first-order chi connectivity index (χ1) is 14.3. The lowest BCUT2D eigenvalue weighted by Crippen LogP contribution is -2.16. The van der Waals surface area contributed by atoms with Gasteiger partial charge in [-0.15, -0.1) is 13.2 Å². The van der Waals surface area contributed by atoms with Crippen LogP contribution in [0.3, 0.4) is 0 Å². The van der Waals surface area contributed by atoms with Crippen LogP contribution < -0.4 is 14.2 Å². The molecule has 4 nitrogen and oxygen atoms in total. The molecule has 3 aromatic rings. The molecule has 0 unspecified atom stereocenters. The van der Waals surface area contributed by atoms with Crippen LogP contribution in [0.1, 0.15) is 19.8 Å². The largest absolute Gasteiger partial charge is 0.573 e. The topological polar surface area (TPSA) is 47.9 Å². The predicted molar refractivity (Wildman–Crippen MR) is 107 cm³/mol. The summed E-state index contributed by atoms with van der Waals surface area (Å²) in [6, 6.07) is 17.2. The minimum Gasteiger partial charge on any atom is -0.504 e. The Morgan fingerprint density at radius 3 is 2.03 bits per heavy atom. The van der Waals surface area contributed by atoms with E-state index in [-0.39, 0.29) is 17.2 Å². The summed E-state index contributed by atoms with van der Waals surface area (Å²) in [5.41, 5.74) is 1.31. The van der Waals surface area contributed by atoms with Crippen LogP contribution in [-0.2, 0) is 0 Å². The molecule has 0 aliphatic rings. The van der Waals surface area contributed by atoms with Gasteiger partial charge in [-0.2, -0.15) is 0 Å². The van der Waals surface area contributed by atoms with Gasteiger partial charge in [-0.3, -0.25) is 0 Å². The van der Waals surface area contributed by atoms with E-state index in [1.807, 2.05) is 0 Å². The molecule has 1 N–H and O–H groups in total. The zero-order valence-corrected chi connectivity index (χ0v) is 16.3. The number of rotatable bonds is 8. The van der Waals surface area contributed by atoms with Crippen LogP contribution >= 0.6 is 0 Å². The molecule has 0 spiro atoms. The molecule has 0 atom stereocenters. The molecule has 0 radical (unpaired) electrons. The average Bonchev–Trinajstić information content (AvgIpc) is 2.71. The Balaban J connectivity index is 1.72. The van der Waals surface area contributed by atoms with Crippen LogP contribution in [0.4, 0.5) is 13.2 Å². The third-order valence-corrected chi connectivity index (χ3v) is 4.20.